The van der Waals surface area contributed by atoms with E-state index in [-0.39, 0.29) is 24.0 Å². The fourth-order valence-electron chi connectivity index (χ4n) is 3.00. The largest absolute Gasteiger partial charge is 0.483 e. The Labute approximate surface area is 177 Å². The second-order valence-corrected chi connectivity index (χ2v) is 8.86. The lowest BCUT2D eigenvalue weighted by Crippen LogP contribution is -2.35. The van der Waals surface area contributed by atoms with Gasteiger partial charge in [0.2, 0.25) is 0 Å². The first-order valence-electron chi connectivity index (χ1n) is 10.0. The molecule has 0 spiro atoms. The topological polar surface area (TPSA) is 68.3 Å². The van der Waals surface area contributed by atoms with E-state index in [0.29, 0.717) is 24.7 Å². The summed E-state index contributed by atoms with van der Waals surface area (Å²) < 4.78 is 20.0. The van der Waals surface area contributed by atoms with Crippen molar-refractivity contribution in [2.24, 2.45) is 0 Å². The van der Waals surface area contributed by atoms with E-state index >= 15 is 0 Å². The Hall–Kier alpha value is -1.93. The summed E-state index contributed by atoms with van der Waals surface area (Å²) in [6, 6.07) is 5.77. The summed E-state index contributed by atoms with van der Waals surface area (Å²) >= 11 is 1.24. The number of benzene rings is 1. The molecule has 0 saturated carbocycles. The van der Waals surface area contributed by atoms with Crippen LogP contribution in [0.1, 0.15) is 53.0 Å². The average Bonchev–Trinajstić information content (AvgIpc) is 2.99. The zero-order valence-electron chi connectivity index (χ0n) is 18.2. The molecule has 1 atom stereocenters. The highest BCUT2D eigenvalue weighted by molar-refractivity contribution is 7.95. The minimum atomic E-state index is -0.499. The van der Waals surface area contributed by atoms with Gasteiger partial charge in [0.25, 0.3) is 0 Å². The number of amides is 1. The molecule has 1 heterocycles. The molecule has 1 aliphatic heterocycles. The first-order valence-corrected chi connectivity index (χ1v) is 10.8. The molecule has 8 heteroatoms. The number of hydrogen-bond acceptors (Lipinski definition) is 7. The van der Waals surface area contributed by atoms with Crippen molar-refractivity contribution in [3.8, 4) is 11.5 Å². The third kappa shape index (κ3) is 6.54. The van der Waals surface area contributed by atoms with Crippen LogP contribution < -0.4 is 9.47 Å². The minimum absolute atomic E-state index is 0.176. The van der Waals surface area contributed by atoms with E-state index in [1.165, 1.54) is 16.4 Å². The van der Waals surface area contributed by atoms with Crippen molar-refractivity contribution < 1.29 is 23.8 Å². The molecule has 0 aliphatic carbocycles. The number of hydrogen-bond donors (Lipinski definition) is 0. The monoisotopic (exact) mass is 424 g/mol. The smallest absolute Gasteiger partial charge is 0.426 e. The van der Waals surface area contributed by atoms with E-state index in [1.54, 1.807) is 20.0 Å². The van der Waals surface area contributed by atoms with Crippen LogP contribution in [0.25, 0.3) is 0 Å². The molecule has 0 aromatic heterocycles. The molecule has 1 aromatic rings. The number of carbonyl (C=O) groups is 2. The van der Waals surface area contributed by atoms with Crippen LogP contribution in [0.3, 0.4) is 0 Å². The van der Waals surface area contributed by atoms with Gasteiger partial charge in [0, 0.05) is 43.8 Å². The summed E-state index contributed by atoms with van der Waals surface area (Å²) in [6.07, 6.45) is 1.42. The Balaban J connectivity index is 2.00. The van der Waals surface area contributed by atoms with Crippen molar-refractivity contribution in [1.29, 1.82) is 0 Å². The predicted octanol–water partition coefficient (Wildman–Crippen LogP) is 4.45. The minimum Gasteiger partial charge on any atom is -0.483 e. The van der Waals surface area contributed by atoms with Crippen LogP contribution in [0.15, 0.2) is 18.2 Å². The van der Waals surface area contributed by atoms with Gasteiger partial charge in [-0.2, -0.15) is 0 Å². The summed E-state index contributed by atoms with van der Waals surface area (Å²) in [6.45, 7) is 10.8. The van der Waals surface area contributed by atoms with Gasteiger partial charge in [0.1, 0.15) is 5.60 Å². The molecule has 7 nitrogen and oxygen atoms in total. The summed E-state index contributed by atoms with van der Waals surface area (Å²) in [5.74, 6) is 0.809. The number of nitrogens with zero attached hydrogens (tertiary/aromatic N) is 2. The van der Waals surface area contributed by atoms with Crippen LogP contribution in [0, 0.1) is 0 Å². The molecule has 29 heavy (non-hydrogen) atoms. The molecule has 1 aromatic carbocycles. The average molecular weight is 425 g/mol. The summed E-state index contributed by atoms with van der Waals surface area (Å²) in [5, 5.41) is 0. The number of fused-ring (bicyclic) bond motifs is 1. The first kappa shape index (κ1) is 23.3. The van der Waals surface area contributed by atoms with E-state index in [9.17, 15) is 9.59 Å². The van der Waals surface area contributed by atoms with Gasteiger partial charge in [-0.25, -0.2) is 13.4 Å². The fraction of sp³-hybridized carbons (Fsp3) is 0.619. The Morgan fingerprint density at radius 3 is 2.69 bits per heavy atom. The molecule has 0 N–H and O–H groups in total. The van der Waals surface area contributed by atoms with Crippen LogP contribution in [0.4, 0.5) is 4.79 Å². The van der Waals surface area contributed by atoms with Crippen molar-refractivity contribution in [3.05, 3.63) is 23.8 Å². The van der Waals surface area contributed by atoms with Crippen LogP contribution >= 0.6 is 12.1 Å². The zero-order chi connectivity index (χ0) is 21.6. The van der Waals surface area contributed by atoms with Gasteiger partial charge in [0.15, 0.2) is 11.5 Å². The number of carbonyl (C=O) groups excluding carboxylic acids is 2. The maximum atomic E-state index is 12.7. The normalized spacial score (nSPS) is 15.4. The molecule has 0 bridgehead atoms. The van der Waals surface area contributed by atoms with E-state index in [1.807, 2.05) is 30.3 Å². The first-order chi connectivity index (χ1) is 13.7. The van der Waals surface area contributed by atoms with E-state index in [0.717, 1.165) is 18.4 Å². The lowest BCUT2D eigenvalue weighted by Gasteiger charge is -2.29. The van der Waals surface area contributed by atoms with Crippen molar-refractivity contribution in [2.75, 3.05) is 20.2 Å². The van der Waals surface area contributed by atoms with Crippen LogP contribution in [0.5, 0.6) is 11.5 Å². The van der Waals surface area contributed by atoms with Crippen LogP contribution in [-0.2, 0) is 16.0 Å². The van der Waals surface area contributed by atoms with E-state index in [4.69, 9.17) is 14.2 Å². The second-order valence-electron chi connectivity index (χ2n) is 7.68. The molecule has 1 unspecified atom stereocenters. The zero-order valence-corrected chi connectivity index (χ0v) is 19.0. The van der Waals surface area contributed by atoms with Gasteiger partial charge in [-0.1, -0.05) is 19.1 Å². The van der Waals surface area contributed by atoms with Gasteiger partial charge in [-0.05, 0) is 40.2 Å². The van der Waals surface area contributed by atoms with Crippen LogP contribution in [0.2, 0.25) is 0 Å². The molecule has 162 valence electrons. The highest BCUT2D eigenvalue weighted by Crippen LogP contribution is 2.42. The summed E-state index contributed by atoms with van der Waals surface area (Å²) in [5.41, 5.74) is 0.720. The number of ether oxygens (including phenoxy) is 3. The molecule has 0 fully saturated rings. The van der Waals surface area contributed by atoms with Crippen molar-refractivity contribution >= 4 is 24.2 Å². The van der Waals surface area contributed by atoms with E-state index in [2.05, 4.69) is 13.8 Å². The molecule has 0 radical (unpaired) electrons. The Kier molecular flexibility index (Phi) is 8.22. The van der Waals surface area contributed by atoms with Gasteiger partial charge in [-0.3, -0.25) is 4.79 Å². The lowest BCUT2D eigenvalue weighted by atomic mass is 10.0. The molecular formula is C21H32N2O5S. The highest BCUT2D eigenvalue weighted by atomic mass is 32.2. The van der Waals surface area contributed by atoms with Crippen molar-refractivity contribution in [3.63, 3.8) is 0 Å². The maximum absolute atomic E-state index is 12.7. The molecular weight excluding hydrogens is 392 g/mol. The molecule has 0 saturated heterocycles. The Bertz CT molecular complexity index is 725. The van der Waals surface area contributed by atoms with Gasteiger partial charge < -0.3 is 14.2 Å². The fourth-order valence-corrected chi connectivity index (χ4v) is 3.90. The number of para-hydroxylation sites is 1. The van der Waals surface area contributed by atoms with Crippen molar-refractivity contribution in [2.45, 2.75) is 65.5 Å². The van der Waals surface area contributed by atoms with Gasteiger partial charge >= 0.3 is 12.1 Å². The third-order valence-corrected chi connectivity index (χ3v) is 5.81. The van der Waals surface area contributed by atoms with Gasteiger partial charge in [-0.15, -0.1) is 0 Å². The summed E-state index contributed by atoms with van der Waals surface area (Å²) in [4.78, 5) is 24.4. The maximum Gasteiger partial charge on any atom is 0.426 e. The second kappa shape index (κ2) is 10.2. The quantitative estimate of drug-likeness (QED) is 0.428. The Morgan fingerprint density at radius 2 is 2.03 bits per heavy atom. The van der Waals surface area contributed by atoms with Gasteiger partial charge in [0.05, 0.1) is 13.0 Å². The predicted molar refractivity (Wildman–Crippen MR) is 114 cm³/mol. The standard InChI is InChI=1S/C21H32N2O5S/c1-7-15(3)23(13-12-18(24)26-8-2)29-22(6)20(25)27-17-11-9-10-16-14-21(4,5)28-19(16)17/h9-11,15H,7-8,12-14H2,1-6H3. The molecule has 1 aliphatic rings. The summed E-state index contributed by atoms with van der Waals surface area (Å²) in [7, 11) is 1.65. The third-order valence-electron chi connectivity index (χ3n) is 4.66. The molecule has 2 rings (SSSR count). The highest BCUT2D eigenvalue weighted by Gasteiger charge is 2.33. The molecule has 1 amide bonds. The van der Waals surface area contributed by atoms with Crippen molar-refractivity contribution in [1.82, 2.24) is 8.61 Å². The number of esters is 1. The number of rotatable bonds is 9. The lowest BCUT2D eigenvalue weighted by molar-refractivity contribution is -0.143. The SMILES string of the molecule is CCOC(=O)CCN(SN(C)C(=O)Oc1cccc2c1OC(C)(C)C2)C(C)CC. The van der Waals surface area contributed by atoms with Crippen LogP contribution in [-0.4, -0.2) is 52.5 Å². The Morgan fingerprint density at radius 1 is 1.31 bits per heavy atom. The van der Waals surface area contributed by atoms with E-state index < -0.39 is 6.09 Å².